The molecule has 2 aromatic rings. The van der Waals surface area contributed by atoms with Crippen molar-refractivity contribution in [2.75, 3.05) is 11.1 Å². The highest BCUT2D eigenvalue weighted by Crippen LogP contribution is 2.23. The largest absolute Gasteiger partial charge is 0.508 e. The van der Waals surface area contributed by atoms with Gasteiger partial charge in [0.05, 0.1) is 12.1 Å². The topological polar surface area (TPSA) is 75.3 Å². The smallest absolute Gasteiger partial charge is 0.229 e. The van der Waals surface area contributed by atoms with E-state index >= 15 is 0 Å². The van der Waals surface area contributed by atoms with E-state index in [-0.39, 0.29) is 23.5 Å². The summed E-state index contributed by atoms with van der Waals surface area (Å²) in [6.07, 6.45) is -0.0551. The van der Waals surface area contributed by atoms with Crippen LogP contribution in [-0.2, 0) is 11.2 Å². The number of aromatic hydroxyl groups is 1. The lowest BCUT2D eigenvalue weighted by Crippen LogP contribution is -2.16. The summed E-state index contributed by atoms with van der Waals surface area (Å²) in [5, 5.41) is 12.0. The predicted molar refractivity (Wildman–Crippen MR) is 71.3 cm³/mol. The number of rotatable bonds is 3. The molecule has 5 heteroatoms. The number of hydrogen-bond acceptors (Lipinski definition) is 3. The molecule has 0 aliphatic carbocycles. The molecule has 0 heterocycles. The molecule has 4 nitrogen and oxygen atoms in total. The lowest BCUT2D eigenvalue weighted by atomic mass is 10.1. The highest BCUT2D eigenvalue weighted by Gasteiger charge is 2.12. The van der Waals surface area contributed by atoms with Gasteiger partial charge in [0.25, 0.3) is 0 Å². The number of hydrogen-bond donors (Lipinski definition) is 3. The predicted octanol–water partition coefficient (Wildman–Crippen LogP) is 2.29. The lowest BCUT2D eigenvalue weighted by molar-refractivity contribution is -0.115. The Morgan fingerprint density at radius 1 is 1.21 bits per heavy atom. The highest BCUT2D eigenvalue weighted by atomic mass is 19.1. The third kappa shape index (κ3) is 3.01. The average Bonchev–Trinajstić information content (AvgIpc) is 2.37. The molecule has 0 fully saturated rings. The third-order valence-corrected chi connectivity index (χ3v) is 2.65. The summed E-state index contributed by atoms with van der Waals surface area (Å²) in [5.41, 5.74) is 6.18. The van der Waals surface area contributed by atoms with E-state index in [4.69, 9.17) is 5.73 Å². The first-order valence-corrected chi connectivity index (χ1v) is 5.68. The summed E-state index contributed by atoms with van der Waals surface area (Å²) < 4.78 is 13.5. The first kappa shape index (κ1) is 12.9. The van der Waals surface area contributed by atoms with Gasteiger partial charge >= 0.3 is 0 Å². The standard InChI is InChI=1S/C14H13FN2O2/c15-10-5-3-6-11(16)14(10)17-13(19)8-9-4-1-2-7-12(9)18/h1-7,18H,8,16H2,(H,17,19). The van der Waals surface area contributed by atoms with Crippen molar-refractivity contribution in [1.82, 2.24) is 0 Å². The molecule has 0 atom stereocenters. The van der Waals surface area contributed by atoms with E-state index in [1.807, 2.05) is 0 Å². The third-order valence-electron chi connectivity index (χ3n) is 2.65. The first-order chi connectivity index (χ1) is 9.08. The number of anilines is 2. The lowest BCUT2D eigenvalue weighted by Gasteiger charge is -2.09. The van der Waals surface area contributed by atoms with Crippen LogP contribution in [0.5, 0.6) is 5.75 Å². The molecule has 2 rings (SSSR count). The molecule has 0 aromatic heterocycles. The number of phenolic OH excluding ortho intramolecular Hbond substituents is 1. The molecule has 0 spiro atoms. The molecule has 1 amide bonds. The van der Waals surface area contributed by atoms with Gasteiger partial charge in [-0.25, -0.2) is 4.39 Å². The van der Waals surface area contributed by atoms with E-state index in [9.17, 15) is 14.3 Å². The summed E-state index contributed by atoms with van der Waals surface area (Å²) >= 11 is 0. The number of phenols is 1. The molecule has 0 radical (unpaired) electrons. The first-order valence-electron chi connectivity index (χ1n) is 5.68. The number of amides is 1. The van der Waals surface area contributed by atoms with Crippen molar-refractivity contribution >= 4 is 17.3 Å². The van der Waals surface area contributed by atoms with Crippen molar-refractivity contribution in [3.05, 3.63) is 53.8 Å². The Hall–Kier alpha value is -2.56. The molecule has 0 aliphatic heterocycles. The van der Waals surface area contributed by atoms with Gasteiger partial charge in [0, 0.05) is 5.56 Å². The van der Waals surface area contributed by atoms with Gasteiger partial charge in [0.15, 0.2) is 0 Å². The summed E-state index contributed by atoms with van der Waals surface area (Å²) in [6, 6.07) is 10.7. The molecule has 2 aromatic carbocycles. The molecular weight excluding hydrogens is 247 g/mol. The summed E-state index contributed by atoms with van der Waals surface area (Å²) in [5.74, 6) is -1.01. The molecule has 0 unspecified atom stereocenters. The van der Waals surface area contributed by atoms with E-state index in [2.05, 4.69) is 5.32 Å². The van der Waals surface area contributed by atoms with Crippen molar-refractivity contribution in [2.24, 2.45) is 0 Å². The molecular formula is C14H13FN2O2. The van der Waals surface area contributed by atoms with Gasteiger partial charge in [-0.2, -0.15) is 0 Å². The minimum atomic E-state index is -0.592. The van der Waals surface area contributed by atoms with Crippen LogP contribution in [-0.4, -0.2) is 11.0 Å². The maximum atomic E-state index is 13.5. The minimum Gasteiger partial charge on any atom is -0.508 e. The molecule has 0 saturated heterocycles. The Balaban J connectivity index is 2.12. The fourth-order valence-electron chi connectivity index (χ4n) is 1.69. The monoisotopic (exact) mass is 260 g/mol. The molecule has 98 valence electrons. The quantitative estimate of drug-likeness (QED) is 0.741. The Morgan fingerprint density at radius 3 is 2.63 bits per heavy atom. The molecule has 4 N–H and O–H groups in total. The Morgan fingerprint density at radius 2 is 1.95 bits per heavy atom. The Kier molecular flexibility index (Phi) is 3.66. The number of carbonyl (C=O) groups is 1. The fourth-order valence-corrected chi connectivity index (χ4v) is 1.69. The second kappa shape index (κ2) is 5.39. The zero-order chi connectivity index (χ0) is 13.8. The molecule has 0 aliphatic rings. The van der Waals surface area contributed by atoms with Crippen LogP contribution in [0.2, 0.25) is 0 Å². The number of nitrogens with two attached hydrogens (primary N) is 1. The van der Waals surface area contributed by atoms with E-state index in [1.165, 1.54) is 24.3 Å². The van der Waals surface area contributed by atoms with Crippen molar-refractivity contribution in [3.63, 3.8) is 0 Å². The van der Waals surface area contributed by atoms with Crippen molar-refractivity contribution in [1.29, 1.82) is 0 Å². The van der Waals surface area contributed by atoms with Gasteiger partial charge < -0.3 is 16.2 Å². The van der Waals surface area contributed by atoms with Crippen LogP contribution >= 0.6 is 0 Å². The van der Waals surface area contributed by atoms with E-state index in [0.717, 1.165) is 0 Å². The van der Waals surface area contributed by atoms with Crippen molar-refractivity contribution < 1.29 is 14.3 Å². The van der Waals surface area contributed by atoms with Crippen molar-refractivity contribution in [2.45, 2.75) is 6.42 Å². The highest BCUT2D eigenvalue weighted by molar-refractivity contribution is 5.95. The van der Waals surface area contributed by atoms with Gasteiger partial charge in [0.2, 0.25) is 5.91 Å². The zero-order valence-electron chi connectivity index (χ0n) is 10.1. The maximum Gasteiger partial charge on any atom is 0.229 e. The van der Waals surface area contributed by atoms with Gasteiger partial charge in [-0.15, -0.1) is 0 Å². The van der Waals surface area contributed by atoms with Crippen LogP contribution in [0.25, 0.3) is 0 Å². The molecule has 0 saturated carbocycles. The van der Waals surface area contributed by atoms with E-state index in [0.29, 0.717) is 5.56 Å². The molecule has 0 bridgehead atoms. The van der Waals surface area contributed by atoms with Gasteiger partial charge in [-0.05, 0) is 18.2 Å². The molecule has 19 heavy (non-hydrogen) atoms. The maximum absolute atomic E-state index is 13.5. The van der Waals surface area contributed by atoms with Crippen molar-refractivity contribution in [3.8, 4) is 5.75 Å². The SMILES string of the molecule is Nc1cccc(F)c1NC(=O)Cc1ccccc1O. The van der Waals surface area contributed by atoms with Crippen LogP contribution in [0.1, 0.15) is 5.56 Å². The minimum absolute atomic E-state index is 0.0270. The summed E-state index contributed by atoms with van der Waals surface area (Å²) in [4.78, 5) is 11.8. The Bertz CT molecular complexity index is 594. The second-order valence-corrected chi connectivity index (χ2v) is 4.06. The number of halogens is 1. The number of carbonyl (C=O) groups excluding carboxylic acids is 1. The zero-order valence-corrected chi connectivity index (χ0v) is 10.1. The van der Waals surface area contributed by atoms with E-state index in [1.54, 1.807) is 18.2 Å². The average molecular weight is 260 g/mol. The second-order valence-electron chi connectivity index (χ2n) is 4.06. The Labute approximate surface area is 109 Å². The van der Waals surface area contributed by atoms with Gasteiger partial charge in [-0.1, -0.05) is 24.3 Å². The summed E-state index contributed by atoms with van der Waals surface area (Å²) in [6.45, 7) is 0. The van der Waals surface area contributed by atoms with Crippen LogP contribution in [0.3, 0.4) is 0 Å². The van der Waals surface area contributed by atoms with Crippen LogP contribution < -0.4 is 11.1 Å². The van der Waals surface area contributed by atoms with Gasteiger partial charge in [0.1, 0.15) is 17.3 Å². The van der Waals surface area contributed by atoms with Gasteiger partial charge in [-0.3, -0.25) is 4.79 Å². The summed E-state index contributed by atoms with van der Waals surface area (Å²) in [7, 11) is 0. The number of nitrogens with one attached hydrogen (secondary N) is 1. The fraction of sp³-hybridized carbons (Fsp3) is 0.0714. The normalized spacial score (nSPS) is 10.2. The number of nitrogen functional groups attached to an aromatic ring is 1. The number of para-hydroxylation sites is 2. The van der Waals surface area contributed by atoms with Crippen LogP contribution in [0.4, 0.5) is 15.8 Å². The number of benzene rings is 2. The van der Waals surface area contributed by atoms with Crippen LogP contribution in [0.15, 0.2) is 42.5 Å². The van der Waals surface area contributed by atoms with Crippen LogP contribution in [0, 0.1) is 5.82 Å². The van der Waals surface area contributed by atoms with E-state index < -0.39 is 11.7 Å².